The number of amides is 1. The number of rotatable bonds is 7. The van der Waals surface area contributed by atoms with E-state index in [0.717, 1.165) is 6.42 Å². The van der Waals surface area contributed by atoms with Crippen LogP contribution in [0.3, 0.4) is 0 Å². The van der Waals surface area contributed by atoms with Gasteiger partial charge < -0.3 is 24.4 Å². The van der Waals surface area contributed by atoms with E-state index in [-0.39, 0.29) is 17.2 Å². The second-order valence-electron chi connectivity index (χ2n) is 6.00. The second kappa shape index (κ2) is 10.1. The van der Waals surface area contributed by atoms with Crippen LogP contribution in [0.2, 0.25) is 0 Å². The number of hydrogen-bond donors (Lipinski definition) is 1. The lowest BCUT2D eigenvalue weighted by molar-refractivity contribution is -0.139. The fourth-order valence-electron chi connectivity index (χ4n) is 2.74. The van der Waals surface area contributed by atoms with E-state index in [9.17, 15) is 14.4 Å². The van der Waals surface area contributed by atoms with Crippen LogP contribution >= 0.6 is 0 Å². The van der Waals surface area contributed by atoms with Crippen LogP contribution in [-0.4, -0.2) is 39.2 Å². The fourth-order valence-corrected chi connectivity index (χ4v) is 2.74. The quantitative estimate of drug-likeness (QED) is 0.703. The van der Waals surface area contributed by atoms with Crippen molar-refractivity contribution < 1.29 is 28.6 Å². The van der Waals surface area contributed by atoms with Crippen molar-refractivity contribution in [2.24, 2.45) is 0 Å². The average Bonchev–Trinajstić information content (AvgIpc) is 2.96. The van der Waals surface area contributed by atoms with E-state index in [1.165, 1.54) is 32.3 Å². The van der Waals surface area contributed by atoms with Gasteiger partial charge in [-0.25, -0.2) is 9.59 Å². The van der Waals surface area contributed by atoms with E-state index >= 15 is 0 Å². The van der Waals surface area contributed by atoms with Crippen LogP contribution in [0, 0.1) is 0 Å². The molecule has 0 saturated carbocycles. The monoisotopic (exact) mass is 400 g/mol. The van der Waals surface area contributed by atoms with Gasteiger partial charge in [0.05, 0.1) is 32.6 Å². The van der Waals surface area contributed by atoms with Crippen molar-refractivity contribution >= 4 is 29.2 Å². The number of nitrogens with one attached hydrogen (secondary N) is 1. The molecule has 29 heavy (non-hydrogen) atoms. The standard InChI is InChI=1S/C21H24N2O6/c1-5-8-18(24)22-16-11-10-14(13-17(16)27-2)23-12-7-6-9-15(20(25)28-3)19(23)21(26)29-4/h6-7,9-13H,5,8H2,1-4H3,(H,22,24). The van der Waals surface area contributed by atoms with Crippen LogP contribution in [0.4, 0.5) is 11.4 Å². The summed E-state index contributed by atoms with van der Waals surface area (Å²) in [4.78, 5) is 38.1. The van der Waals surface area contributed by atoms with E-state index in [1.807, 2.05) is 6.92 Å². The van der Waals surface area contributed by atoms with Gasteiger partial charge >= 0.3 is 11.9 Å². The smallest absolute Gasteiger partial charge is 0.355 e. The Morgan fingerprint density at radius 2 is 1.76 bits per heavy atom. The summed E-state index contributed by atoms with van der Waals surface area (Å²) in [5, 5.41) is 2.80. The topological polar surface area (TPSA) is 94.2 Å². The predicted molar refractivity (Wildman–Crippen MR) is 108 cm³/mol. The molecule has 0 fully saturated rings. The van der Waals surface area contributed by atoms with E-state index < -0.39 is 11.9 Å². The van der Waals surface area contributed by atoms with Crippen molar-refractivity contribution in [3.05, 3.63) is 53.9 Å². The fraction of sp³-hybridized carbons (Fsp3) is 0.286. The van der Waals surface area contributed by atoms with Crippen molar-refractivity contribution in [2.45, 2.75) is 19.8 Å². The maximum Gasteiger partial charge on any atom is 0.355 e. The lowest BCUT2D eigenvalue weighted by Gasteiger charge is -2.24. The first-order valence-electron chi connectivity index (χ1n) is 8.99. The first kappa shape index (κ1) is 21.7. The molecule has 0 unspecified atom stereocenters. The third-order valence-corrected chi connectivity index (χ3v) is 4.10. The molecule has 1 aromatic rings. The number of methoxy groups -OCH3 is 3. The molecule has 0 aliphatic carbocycles. The Labute approximate surface area is 169 Å². The first-order valence-corrected chi connectivity index (χ1v) is 8.99. The molecule has 1 amide bonds. The summed E-state index contributed by atoms with van der Waals surface area (Å²) in [6.45, 7) is 1.92. The number of carbonyl (C=O) groups is 3. The largest absolute Gasteiger partial charge is 0.494 e. The molecule has 0 bridgehead atoms. The molecule has 0 radical (unpaired) electrons. The zero-order chi connectivity index (χ0) is 21.4. The minimum Gasteiger partial charge on any atom is -0.494 e. The average molecular weight is 400 g/mol. The Hall–Kier alpha value is -3.55. The molecule has 1 aromatic carbocycles. The van der Waals surface area contributed by atoms with Crippen molar-refractivity contribution in [1.29, 1.82) is 0 Å². The second-order valence-corrected chi connectivity index (χ2v) is 6.00. The van der Waals surface area contributed by atoms with Crippen molar-refractivity contribution in [3.8, 4) is 5.75 Å². The molecule has 1 aliphatic rings. The number of carbonyl (C=O) groups excluding carboxylic acids is 3. The molecule has 0 atom stereocenters. The molecule has 0 spiro atoms. The molecule has 8 heteroatoms. The van der Waals surface area contributed by atoms with Gasteiger partial charge in [0, 0.05) is 24.4 Å². The summed E-state index contributed by atoms with van der Waals surface area (Å²) >= 11 is 0. The molecule has 1 aliphatic heterocycles. The number of esters is 2. The van der Waals surface area contributed by atoms with E-state index in [4.69, 9.17) is 14.2 Å². The zero-order valence-electron chi connectivity index (χ0n) is 16.9. The van der Waals surface area contributed by atoms with Crippen LogP contribution in [0.15, 0.2) is 53.9 Å². The van der Waals surface area contributed by atoms with Crippen LogP contribution < -0.4 is 15.0 Å². The molecule has 1 N–H and O–H groups in total. The minimum atomic E-state index is -0.708. The number of allylic oxidation sites excluding steroid dienone is 2. The maximum atomic E-state index is 12.5. The van der Waals surface area contributed by atoms with Gasteiger partial charge in [-0.2, -0.15) is 0 Å². The molecule has 154 valence electrons. The molecule has 0 aromatic heterocycles. The van der Waals surface area contributed by atoms with Crippen LogP contribution in [0.1, 0.15) is 19.8 Å². The Morgan fingerprint density at radius 1 is 1.03 bits per heavy atom. The minimum absolute atomic E-state index is 0.00540. The highest BCUT2D eigenvalue weighted by atomic mass is 16.5. The highest BCUT2D eigenvalue weighted by Crippen LogP contribution is 2.33. The first-order chi connectivity index (χ1) is 14.0. The van der Waals surface area contributed by atoms with Gasteiger partial charge in [0.2, 0.25) is 5.91 Å². The van der Waals surface area contributed by atoms with Gasteiger partial charge in [-0.15, -0.1) is 0 Å². The van der Waals surface area contributed by atoms with Gasteiger partial charge in [0.25, 0.3) is 0 Å². The Kier molecular flexibility index (Phi) is 7.59. The molecular weight excluding hydrogens is 376 g/mol. The van der Waals surface area contributed by atoms with Crippen LogP contribution in [-0.2, 0) is 23.9 Å². The number of ether oxygens (including phenoxy) is 3. The normalized spacial score (nSPS) is 13.0. The van der Waals surface area contributed by atoms with E-state index in [2.05, 4.69) is 5.32 Å². The highest BCUT2D eigenvalue weighted by Gasteiger charge is 2.28. The maximum absolute atomic E-state index is 12.5. The molecule has 0 saturated heterocycles. The summed E-state index contributed by atoms with van der Waals surface area (Å²) < 4.78 is 15.1. The summed E-state index contributed by atoms with van der Waals surface area (Å²) in [5.41, 5.74) is 1.07. The summed E-state index contributed by atoms with van der Waals surface area (Å²) in [7, 11) is 3.94. The SMILES string of the molecule is CCCC(=O)Nc1ccc(N2C=CC=CC(C(=O)OC)=C2C(=O)OC)cc1OC. The van der Waals surface area contributed by atoms with Gasteiger partial charge in [-0.1, -0.05) is 13.0 Å². The van der Waals surface area contributed by atoms with Gasteiger partial charge in [0.1, 0.15) is 11.4 Å². The van der Waals surface area contributed by atoms with Gasteiger partial charge in [-0.05, 0) is 30.7 Å². The van der Waals surface area contributed by atoms with Gasteiger partial charge in [0.15, 0.2) is 0 Å². The predicted octanol–water partition coefficient (Wildman–Crippen LogP) is 2.92. The lowest BCUT2D eigenvalue weighted by Crippen LogP contribution is -2.27. The summed E-state index contributed by atoms with van der Waals surface area (Å²) in [6.07, 6.45) is 7.49. The summed E-state index contributed by atoms with van der Waals surface area (Å²) in [5.74, 6) is -1.10. The van der Waals surface area contributed by atoms with Crippen molar-refractivity contribution in [3.63, 3.8) is 0 Å². The van der Waals surface area contributed by atoms with Crippen LogP contribution in [0.5, 0.6) is 5.75 Å². The van der Waals surface area contributed by atoms with Gasteiger partial charge in [-0.3, -0.25) is 4.79 Å². The number of anilines is 2. The molecule has 8 nitrogen and oxygen atoms in total. The van der Waals surface area contributed by atoms with E-state index in [0.29, 0.717) is 23.5 Å². The van der Waals surface area contributed by atoms with Crippen molar-refractivity contribution in [2.75, 3.05) is 31.5 Å². The Bertz CT molecular complexity index is 885. The van der Waals surface area contributed by atoms with E-state index in [1.54, 1.807) is 36.6 Å². The number of nitrogens with zero attached hydrogens (tertiary/aromatic N) is 1. The lowest BCUT2D eigenvalue weighted by atomic mass is 10.1. The summed E-state index contributed by atoms with van der Waals surface area (Å²) in [6, 6.07) is 5.01. The third kappa shape index (κ3) is 5.04. The molecule has 1 heterocycles. The van der Waals surface area contributed by atoms with Crippen molar-refractivity contribution in [1.82, 2.24) is 0 Å². The Balaban J connectivity index is 2.53. The Morgan fingerprint density at radius 3 is 2.38 bits per heavy atom. The third-order valence-electron chi connectivity index (χ3n) is 4.10. The highest BCUT2D eigenvalue weighted by molar-refractivity contribution is 6.05. The number of benzene rings is 1. The van der Waals surface area contributed by atoms with Crippen LogP contribution in [0.25, 0.3) is 0 Å². The zero-order valence-corrected chi connectivity index (χ0v) is 16.9. The molecule has 2 rings (SSSR count). The number of hydrogen-bond acceptors (Lipinski definition) is 7. The molecular formula is C21H24N2O6.